The van der Waals surface area contributed by atoms with Gasteiger partial charge < -0.3 is 5.32 Å². The van der Waals surface area contributed by atoms with Gasteiger partial charge in [0.15, 0.2) is 0 Å². The van der Waals surface area contributed by atoms with E-state index in [0.29, 0.717) is 4.75 Å². The van der Waals surface area contributed by atoms with Gasteiger partial charge >= 0.3 is 0 Å². The summed E-state index contributed by atoms with van der Waals surface area (Å²) in [5, 5.41) is 14.4. The number of non-ortho nitro benzene ring substituents is 1. The van der Waals surface area contributed by atoms with Gasteiger partial charge in [-0.2, -0.15) is 11.8 Å². The molecule has 0 aliphatic heterocycles. The SMILES string of the molecule is CSC1(CNC(C)c2cccc([N+](=O)[O-])c2)CCCCC1. The van der Waals surface area contributed by atoms with Crippen LogP contribution in [0, 0.1) is 10.1 Å². The van der Waals surface area contributed by atoms with Crippen molar-refractivity contribution in [3.8, 4) is 0 Å². The number of benzene rings is 1. The molecule has 0 heterocycles. The summed E-state index contributed by atoms with van der Waals surface area (Å²) in [7, 11) is 0. The molecular weight excluding hydrogens is 284 g/mol. The molecule has 0 radical (unpaired) electrons. The molecular formula is C16H24N2O2S. The zero-order chi connectivity index (χ0) is 15.3. The van der Waals surface area contributed by atoms with Crippen LogP contribution in [0.5, 0.6) is 0 Å². The van der Waals surface area contributed by atoms with E-state index in [-0.39, 0.29) is 16.7 Å². The van der Waals surface area contributed by atoms with Crippen LogP contribution in [-0.4, -0.2) is 22.5 Å². The zero-order valence-electron chi connectivity index (χ0n) is 12.8. The van der Waals surface area contributed by atoms with E-state index in [1.54, 1.807) is 18.2 Å². The van der Waals surface area contributed by atoms with Crippen LogP contribution in [0.1, 0.15) is 50.6 Å². The molecule has 1 unspecified atom stereocenters. The summed E-state index contributed by atoms with van der Waals surface area (Å²) in [4.78, 5) is 10.5. The van der Waals surface area contributed by atoms with Crippen molar-refractivity contribution >= 4 is 17.4 Å². The fourth-order valence-electron chi connectivity index (χ4n) is 3.01. The van der Waals surface area contributed by atoms with Crippen molar-refractivity contribution in [3.63, 3.8) is 0 Å². The molecule has 2 rings (SSSR count). The van der Waals surface area contributed by atoms with Crippen molar-refractivity contribution < 1.29 is 4.92 Å². The summed E-state index contributed by atoms with van der Waals surface area (Å²) in [5.41, 5.74) is 1.15. The maximum atomic E-state index is 10.9. The molecule has 1 aliphatic rings. The molecule has 1 aromatic carbocycles. The van der Waals surface area contributed by atoms with Gasteiger partial charge in [0.1, 0.15) is 0 Å². The van der Waals surface area contributed by atoms with Gasteiger partial charge in [-0.25, -0.2) is 0 Å². The molecule has 0 bridgehead atoms. The quantitative estimate of drug-likeness (QED) is 0.628. The Hall–Kier alpha value is -1.07. The van der Waals surface area contributed by atoms with Crippen molar-refractivity contribution in [3.05, 3.63) is 39.9 Å². The summed E-state index contributed by atoms with van der Waals surface area (Å²) in [6.07, 6.45) is 8.71. The van der Waals surface area contributed by atoms with Crippen LogP contribution in [-0.2, 0) is 0 Å². The molecule has 0 amide bonds. The third-order valence-electron chi connectivity index (χ3n) is 4.51. The summed E-state index contributed by atoms with van der Waals surface area (Å²) >= 11 is 1.97. The average molecular weight is 308 g/mol. The largest absolute Gasteiger partial charge is 0.309 e. The second-order valence-corrected chi connectivity index (χ2v) is 7.18. The highest BCUT2D eigenvalue weighted by atomic mass is 32.2. The average Bonchev–Trinajstić information content (AvgIpc) is 2.53. The lowest BCUT2D eigenvalue weighted by Gasteiger charge is -2.37. The van der Waals surface area contributed by atoms with Gasteiger partial charge in [-0.05, 0) is 31.6 Å². The molecule has 1 saturated carbocycles. The minimum absolute atomic E-state index is 0.135. The van der Waals surface area contributed by atoms with Crippen molar-refractivity contribution in [2.45, 2.75) is 49.8 Å². The summed E-state index contributed by atoms with van der Waals surface area (Å²) in [5.74, 6) is 0. The predicted octanol–water partition coefficient (Wildman–Crippen LogP) is 4.31. The maximum absolute atomic E-state index is 10.9. The van der Waals surface area contributed by atoms with Crippen LogP contribution >= 0.6 is 11.8 Å². The van der Waals surface area contributed by atoms with Gasteiger partial charge in [0.25, 0.3) is 5.69 Å². The van der Waals surface area contributed by atoms with E-state index in [1.807, 2.05) is 17.8 Å². The Kier molecular flexibility index (Phi) is 5.65. The van der Waals surface area contributed by atoms with Gasteiger partial charge in [-0.1, -0.05) is 31.4 Å². The summed E-state index contributed by atoms with van der Waals surface area (Å²) in [6.45, 7) is 3.05. The summed E-state index contributed by atoms with van der Waals surface area (Å²) < 4.78 is 0.340. The number of nitrogens with zero attached hydrogens (tertiary/aromatic N) is 1. The Morgan fingerprint density at radius 3 is 2.71 bits per heavy atom. The number of nitrogens with one attached hydrogen (secondary N) is 1. The van der Waals surface area contributed by atoms with E-state index in [0.717, 1.165) is 12.1 Å². The van der Waals surface area contributed by atoms with Crippen LogP contribution < -0.4 is 5.32 Å². The topological polar surface area (TPSA) is 55.2 Å². The molecule has 1 aliphatic carbocycles. The molecule has 0 aromatic heterocycles. The Bertz CT molecular complexity index is 487. The van der Waals surface area contributed by atoms with E-state index in [9.17, 15) is 10.1 Å². The highest BCUT2D eigenvalue weighted by Gasteiger charge is 2.31. The number of thioether (sulfide) groups is 1. The van der Waals surface area contributed by atoms with Crippen LogP contribution in [0.4, 0.5) is 5.69 Å². The predicted molar refractivity (Wildman–Crippen MR) is 88.8 cm³/mol. The van der Waals surface area contributed by atoms with Crippen molar-refractivity contribution in [2.75, 3.05) is 12.8 Å². The maximum Gasteiger partial charge on any atom is 0.269 e. The first-order chi connectivity index (χ1) is 10.1. The molecule has 0 spiro atoms. The van der Waals surface area contributed by atoms with Crippen molar-refractivity contribution in [1.82, 2.24) is 5.32 Å². The first kappa shape index (κ1) is 16.3. The Morgan fingerprint density at radius 2 is 2.10 bits per heavy atom. The fourth-order valence-corrected chi connectivity index (χ4v) is 3.94. The van der Waals surface area contributed by atoms with Crippen LogP contribution in [0.15, 0.2) is 24.3 Å². The fraction of sp³-hybridized carbons (Fsp3) is 0.625. The standard InChI is InChI=1S/C16H24N2O2S/c1-13(14-7-6-8-15(11-14)18(19)20)17-12-16(21-2)9-4-3-5-10-16/h6-8,11,13,17H,3-5,9-10,12H2,1-2H3. The molecule has 1 atom stereocenters. The molecule has 1 aromatic rings. The molecule has 116 valence electrons. The smallest absolute Gasteiger partial charge is 0.269 e. The van der Waals surface area contributed by atoms with E-state index in [4.69, 9.17) is 0 Å². The monoisotopic (exact) mass is 308 g/mol. The normalized spacial score (nSPS) is 19.1. The Labute approximate surface area is 130 Å². The van der Waals surface area contributed by atoms with Gasteiger partial charge in [-0.15, -0.1) is 0 Å². The van der Waals surface area contributed by atoms with E-state index < -0.39 is 0 Å². The minimum atomic E-state index is -0.333. The Morgan fingerprint density at radius 1 is 1.38 bits per heavy atom. The van der Waals surface area contributed by atoms with E-state index in [2.05, 4.69) is 18.5 Å². The van der Waals surface area contributed by atoms with Gasteiger partial charge in [0, 0.05) is 29.5 Å². The van der Waals surface area contributed by atoms with Gasteiger partial charge in [0.05, 0.1) is 4.92 Å². The van der Waals surface area contributed by atoms with Crippen molar-refractivity contribution in [1.29, 1.82) is 0 Å². The van der Waals surface area contributed by atoms with Crippen LogP contribution in [0.25, 0.3) is 0 Å². The highest BCUT2D eigenvalue weighted by Crippen LogP contribution is 2.38. The molecule has 1 fully saturated rings. The highest BCUT2D eigenvalue weighted by molar-refractivity contribution is 8.00. The van der Waals surface area contributed by atoms with Gasteiger partial charge in [-0.3, -0.25) is 10.1 Å². The molecule has 21 heavy (non-hydrogen) atoms. The second-order valence-electron chi connectivity index (χ2n) is 5.90. The molecule has 1 N–H and O–H groups in total. The number of hydrogen-bond acceptors (Lipinski definition) is 4. The number of nitro groups is 1. The minimum Gasteiger partial charge on any atom is -0.309 e. The number of rotatable bonds is 6. The Balaban J connectivity index is 1.99. The van der Waals surface area contributed by atoms with Crippen LogP contribution in [0.2, 0.25) is 0 Å². The van der Waals surface area contributed by atoms with Crippen molar-refractivity contribution in [2.24, 2.45) is 0 Å². The lowest BCUT2D eigenvalue weighted by Crippen LogP contribution is -2.40. The van der Waals surface area contributed by atoms with E-state index in [1.165, 1.54) is 32.1 Å². The second kappa shape index (κ2) is 7.27. The third kappa shape index (κ3) is 4.20. The lowest BCUT2D eigenvalue weighted by molar-refractivity contribution is -0.384. The van der Waals surface area contributed by atoms with Gasteiger partial charge in [0.2, 0.25) is 0 Å². The number of hydrogen-bond donors (Lipinski definition) is 1. The van der Waals surface area contributed by atoms with Crippen LogP contribution in [0.3, 0.4) is 0 Å². The summed E-state index contributed by atoms with van der Waals surface area (Å²) in [6, 6.07) is 7.06. The molecule has 0 saturated heterocycles. The first-order valence-corrected chi connectivity index (χ1v) is 8.82. The van der Waals surface area contributed by atoms with E-state index >= 15 is 0 Å². The number of nitro benzene ring substituents is 1. The molecule has 5 heteroatoms. The lowest BCUT2D eigenvalue weighted by atomic mass is 9.88. The molecule has 4 nitrogen and oxygen atoms in total. The zero-order valence-corrected chi connectivity index (χ0v) is 13.6. The first-order valence-electron chi connectivity index (χ1n) is 7.59. The third-order valence-corrected chi connectivity index (χ3v) is 5.93.